The fourth-order valence-electron chi connectivity index (χ4n) is 1.35. The SMILES string of the molecule is CC(C)CCOC(CI)c1ccc(F)cc1. The van der Waals surface area contributed by atoms with Crippen LogP contribution in [0, 0.1) is 11.7 Å². The summed E-state index contributed by atoms with van der Waals surface area (Å²) >= 11 is 2.30. The van der Waals surface area contributed by atoms with Crippen LogP contribution in [-0.4, -0.2) is 11.0 Å². The number of alkyl halides is 1. The molecule has 1 atom stereocenters. The van der Waals surface area contributed by atoms with Crippen LogP contribution in [-0.2, 0) is 4.74 Å². The number of benzene rings is 1. The molecule has 0 fully saturated rings. The first-order valence-corrected chi connectivity index (χ1v) is 7.09. The number of hydrogen-bond acceptors (Lipinski definition) is 1. The standard InChI is InChI=1S/C13H18FIO/c1-10(2)7-8-16-13(9-15)11-3-5-12(14)6-4-11/h3-6,10,13H,7-9H2,1-2H3. The second-order valence-electron chi connectivity index (χ2n) is 4.25. The van der Waals surface area contributed by atoms with Gasteiger partial charge in [0.15, 0.2) is 0 Å². The van der Waals surface area contributed by atoms with Gasteiger partial charge in [-0.3, -0.25) is 0 Å². The summed E-state index contributed by atoms with van der Waals surface area (Å²) in [6.07, 6.45) is 1.15. The number of rotatable bonds is 6. The quantitative estimate of drug-likeness (QED) is 0.554. The molecule has 0 heterocycles. The van der Waals surface area contributed by atoms with Crippen molar-refractivity contribution in [1.82, 2.24) is 0 Å². The molecule has 1 aromatic rings. The largest absolute Gasteiger partial charge is 0.373 e. The molecule has 0 aliphatic carbocycles. The van der Waals surface area contributed by atoms with Gasteiger partial charge in [-0.25, -0.2) is 4.39 Å². The van der Waals surface area contributed by atoms with E-state index >= 15 is 0 Å². The van der Waals surface area contributed by atoms with E-state index in [1.807, 2.05) is 0 Å². The predicted molar refractivity (Wildman–Crippen MR) is 73.4 cm³/mol. The van der Waals surface area contributed by atoms with Gasteiger partial charge in [-0.05, 0) is 30.0 Å². The summed E-state index contributed by atoms with van der Waals surface area (Å²) in [5, 5.41) is 0. The second kappa shape index (κ2) is 7.22. The lowest BCUT2D eigenvalue weighted by atomic mass is 10.1. The Bertz CT molecular complexity index is 297. The molecule has 3 heteroatoms. The van der Waals surface area contributed by atoms with Crippen molar-refractivity contribution in [2.45, 2.75) is 26.4 Å². The van der Waals surface area contributed by atoms with Gasteiger partial charge in [0.2, 0.25) is 0 Å². The summed E-state index contributed by atoms with van der Waals surface area (Å²) in [6.45, 7) is 5.13. The Balaban J connectivity index is 2.50. The normalized spacial score (nSPS) is 13.1. The van der Waals surface area contributed by atoms with Crippen molar-refractivity contribution in [1.29, 1.82) is 0 Å². The fraction of sp³-hybridized carbons (Fsp3) is 0.538. The van der Waals surface area contributed by atoms with Gasteiger partial charge in [-0.2, -0.15) is 0 Å². The molecule has 0 amide bonds. The Morgan fingerprint density at radius 3 is 2.38 bits per heavy atom. The summed E-state index contributed by atoms with van der Waals surface area (Å²) in [7, 11) is 0. The molecule has 1 unspecified atom stereocenters. The number of ether oxygens (including phenoxy) is 1. The zero-order valence-electron chi connectivity index (χ0n) is 9.75. The van der Waals surface area contributed by atoms with E-state index in [1.165, 1.54) is 12.1 Å². The Labute approximate surface area is 111 Å². The van der Waals surface area contributed by atoms with Crippen LogP contribution in [0.15, 0.2) is 24.3 Å². The first kappa shape index (κ1) is 13.9. The summed E-state index contributed by atoms with van der Waals surface area (Å²) in [6, 6.07) is 6.57. The fourth-order valence-corrected chi connectivity index (χ4v) is 2.12. The van der Waals surface area contributed by atoms with Crippen molar-refractivity contribution in [2.75, 3.05) is 11.0 Å². The van der Waals surface area contributed by atoms with Crippen molar-refractivity contribution in [2.24, 2.45) is 5.92 Å². The third-order valence-electron chi connectivity index (χ3n) is 2.40. The molecule has 0 aliphatic rings. The average Bonchev–Trinajstić information content (AvgIpc) is 2.26. The van der Waals surface area contributed by atoms with E-state index in [2.05, 4.69) is 36.4 Å². The van der Waals surface area contributed by atoms with Crippen LogP contribution >= 0.6 is 22.6 Å². The monoisotopic (exact) mass is 336 g/mol. The Morgan fingerprint density at radius 2 is 1.88 bits per heavy atom. The van der Waals surface area contributed by atoms with Gasteiger partial charge in [0.1, 0.15) is 5.82 Å². The van der Waals surface area contributed by atoms with E-state index in [-0.39, 0.29) is 11.9 Å². The average molecular weight is 336 g/mol. The van der Waals surface area contributed by atoms with E-state index in [0.717, 1.165) is 23.0 Å². The topological polar surface area (TPSA) is 9.23 Å². The van der Waals surface area contributed by atoms with Crippen LogP contribution in [0.2, 0.25) is 0 Å². The molecule has 0 N–H and O–H groups in total. The molecule has 1 nitrogen and oxygen atoms in total. The van der Waals surface area contributed by atoms with Crippen LogP contribution in [0.5, 0.6) is 0 Å². The van der Waals surface area contributed by atoms with Gasteiger partial charge < -0.3 is 4.74 Å². The highest BCUT2D eigenvalue weighted by atomic mass is 127. The van der Waals surface area contributed by atoms with Crippen LogP contribution in [0.1, 0.15) is 31.9 Å². The summed E-state index contributed by atoms with van der Waals surface area (Å²) in [5.41, 5.74) is 1.06. The maximum Gasteiger partial charge on any atom is 0.123 e. The molecule has 0 radical (unpaired) electrons. The van der Waals surface area contributed by atoms with Gasteiger partial charge in [-0.1, -0.05) is 48.6 Å². The molecule has 1 rings (SSSR count). The highest BCUT2D eigenvalue weighted by Gasteiger charge is 2.10. The molecule has 0 saturated carbocycles. The molecule has 16 heavy (non-hydrogen) atoms. The second-order valence-corrected chi connectivity index (χ2v) is 5.13. The van der Waals surface area contributed by atoms with Crippen molar-refractivity contribution in [3.8, 4) is 0 Å². The highest BCUT2D eigenvalue weighted by molar-refractivity contribution is 14.1. The first-order valence-electron chi connectivity index (χ1n) is 5.56. The molecular weight excluding hydrogens is 318 g/mol. The molecule has 0 saturated heterocycles. The smallest absolute Gasteiger partial charge is 0.123 e. The minimum atomic E-state index is -0.196. The Morgan fingerprint density at radius 1 is 1.25 bits per heavy atom. The lowest BCUT2D eigenvalue weighted by molar-refractivity contribution is 0.0633. The zero-order chi connectivity index (χ0) is 12.0. The van der Waals surface area contributed by atoms with E-state index in [1.54, 1.807) is 12.1 Å². The third-order valence-corrected chi connectivity index (χ3v) is 3.20. The summed E-state index contributed by atoms with van der Waals surface area (Å²) < 4.78 is 19.5. The van der Waals surface area contributed by atoms with Crippen LogP contribution < -0.4 is 0 Å². The predicted octanol–water partition coefficient (Wildman–Crippen LogP) is 4.36. The number of hydrogen-bond donors (Lipinski definition) is 0. The molecule has 90 valence electrons. The van der Waals surface area contributed by atoms with Crippen LogP contribution in [0.4, 0.5) is 4.39 Å². The Kier molecular flexibility index (Phi) is 6.28. The summed E-state index contributed by atoms with van der Waals surface area (Å²) in [5.74, 6) is 0.459. The van der Waals surface area contributed by atoms with Crippen molar-refractivity contribution in [3.63, 3.8) is 0 Å². The van der Waals surface area contributed by atoms with Gasteiger partial charge in [-0.15, -0.1) is 0 Å². The maximum absolute atomic E-state index is 12.8. The maximum atomic E-state index is 12.8. The minimum Gasteiger partial charge on any atom is -0.373 e. The molecule has 1 aromatic carbocycles. The molecule has 0 aliphatic heterocycles. The Hall–Kier alpha value is -0.160. The van der Waals surface area contributed by atoms with Crippen molar-refractivity contribution < 1.29 is 9.13 Å². The van der Waals surface area contributed by atoms with E-state index < -0.39 is 0 Å². The molecule has 0 spiro atoms. The van der Waals surface area contributed by atoms with Gasteiger partial charge in [0.25, 0.3) is 0 Å². The van der Waals surface area contributed by atoms with Gasteiger partial charge in [0.05, 0.1) is 6.10 Å². The zero-order valence-corrected chi connectivity index (χ0v) is 11.9. The van der Waals surface area contributed by atoms with Crippen LogP contribution in [0.3, 0.4) is 0 Å². The third kappa shape index (κ3) is 4.78. The van der Waals surface area contributed by atoms with Gasteiger partial charge in [0, 0.05) is 11.0 Å². The highest BCUT2D eigenvalue weighted by Crippen LogP contribution is 2.21. The number of halogens is 2. The van der Waals surface area contributed by atoms with E-state index in [4.69, 9.17) is 4.74 Å². The lowest BCUT2D eigenvalue weighted by Gasteiger charge is -2.16. The van der Waals surface area contributed by atoms with Crippen LogP contribution in [0.25, 0.3) is 0 Å². The minimum absolute atomic E-state index is 0.0833. The van der Waals surface area contributed by atoms with E-state index in [0.29, 0.717) is 5.92 Å². The van der Waals surface area contributed by atoms with Crippen molar-refractivity contribution in [3.05, 3.63) is 35.6 Å². The molecular formula is C13H18FIO. The van der Waals surface area contributed by atoms with Crippen molar-refractivity contribution >= 4 is 22.6 Å². The lowest BCUT2D eigenvalue weighted by Crippen LogP contribution is -2.08. The van der Waals surface area contributed by atoms with Gasteiger partial charge >= 0.3 is 0 Å². The van der Waals surface area contributed by atoms with E-state index in [9.17, 15) is 4.39 Å². The molecule has 0 bridgehead atoms. The molecule has 0 aromatic heterocycles. The summed E-state index contributed by atoms with van der Waals surface area (Å²) in [4.78, 5) is 0. The first-order chi connectivity index (χ1) is 7.63.